The largest absolute Gasteiger partial charge is 0.325 e. The van der Waals surface area contributed by atoms with Crippen molar-refractivity contribution in [2.24, 2.45) is 0 Å². The number of anilines is 1. The van der Waals surface area contributed by atoms with Crippen molar-refractivity contribution in [3.8, 4) is 11.1 Å². The van der Waals surface area contributed by atoms with Gasteiger partial charge in [0.2, 0.25) is 15.9 Å². The van der Waals surface area contributed by atoms with Crippen molar-refractivity contribution in [3.05, 3.63) is 53.6 Å². The maximum absolute atomic E-state index is 12.0. The Balaban J connectivity index is 1.74. The number of nitrogens with zero attached hydrogens (tertiary/aromatic N) is 1. The predicted octanol–water partition coefficient (Wildman–Crippen LogP) is 2.09. The van der Waals surface area contributed by atoms with E-state index in [1.807, 2.05) is 30.3 Å². The van der Waals surface area contributed by atoms with Crippen LogP contribution in [0.25, 0.3) is 11.1 Å². The van der Waals surface area contributed by atoms with E-state index in [1.54, 1.807) is 0 Å². The third-order valence-electron chi connectivity index (χ3n) is 4.01. The summed E-state index contributed by atoms with van der Waals surface area (Å²) in [6, 6.07) is 14.0. The van der Waals surface area contributed by atoms with Crippen LogP contribution in [0.1, 0.15) is 11.1 Å². The highest BCUT2D eigenvalue weighted by atomic mass is 32.2. The van der Waals surface area contributed by atoms with Gasteiger partial charge in [0.25, 0.3) is 0 Å². The Labute approximate surface area is 136 Å². The quantitative estimate of drug-likeness (QED) is 0.796. The third kappa shape index (κ3) is 3.28. The van der Waals surface area contributed by atoms with Crippen molar-refractivity contribution in [2.45, 2.75) is 6.42 Å². The zero-order chi connectivity index (χ0) is 16.6. The maximum Gasteiger partial charge on any atom is 0.239 e. The summed E-state index contributed by atoms with van der Waals surface area (Å²) in [4.78, 5) is 12.0. The molecule has 5 nitrogen and oxygen atoms in total. The van der Waals surface area contributed by atoms with Crippen LogP contribution in [0.4, 0.5) is 5.69 Å². The molecule has 0 bridgehead atoms. The Bertz CT molecular complexity index is 875. The van der Waals surface area contributed by atoms with E-state index < -0.39 is 10.0 Å². The van der Waals surface area contributed by atoms with Crippen molar-refractivity contribution in [1.82, 2.24) is 4.31 Å². The molecule has 1 aliphatic rings. The molecule has 0 saturated carbocycles. The summed E-state index contributed by atoms with van der Waals surface area (Å²) in [5.41, 5.74) is 5.55. The molecule has 0 saturated heterocycles. The summed E-state index contributed by atoms with van der Waals surface area (Å²) in [6.07, 6.45) is 1.92. The Kier molecular flexibility index (Phi) is 3.95. The van der Waals surface area contributed by atoms with Crippen molar-refractivity contribution in [2.75, 3.05) is 25.2 Å². The molecule has 1 amide bonds. The van der Waals surface area contributed by atoms with Gasteiger partial charge in [-0.15, -0.1) is 0 Å². The van der Waals surface area contributed by atoms with Crippen LogP contribution in [0.3, 0.4) is 0 Å². The number of sulfonamides is 1. The monoisotopic (exact) mass is 330 g/mol. The van der Waals surface area contributed by atoms with Crippen LogP contribution in [-0.4, -0.2) is 38.5 Å². The van der Waals surface area contributed by atoms with E-state index in [1.165, 1.54) is 29.3 Å². The van der Waals surface area contributed by atoms with Gasteiger partial charge in [-0.25, -0.2) is 8.42 Å². The normalized spacial score (nSPS) is 12.8. The molecule has 0 aliphatic heterocycles. The number of nitrogens with one attached hydrogen (secondary N) is 1. The lowest BCUT2D eigenvalue weighted by Gasteiger charge is -2.14. The minimum Gasteiger partial charge on any atom is -0.325 e. The van der Waals surface area contributed by atoms with E-state index in [9.17, 15) is 13.2 Å². The van der Waals surface area contributed by atoms with E-state index in [-0.39, 0.29) is 12.5 Å². The van der Waals surface area contributed by atoms with E-state index in [2.05, 4.69) is 17.4 Å². The molecular weight excluding hydrogens is 312 g/mol. The van der Waals surface area contributed by atoms with E-state index in [0.29, 0.717) is 5.69 Å². The van der Waals surface area contributed by atoms with Crippen LogP contribution < -0.4 is 5.32 Å². The number of amides is 1. The number of benzene rings is 2. The smallest absolute Gasteiger partial charge is 0.239 e. The average molecular weight is 330 g/mol. The number of likely N-dealkylation sites (N-methyl/N-ethyl adjacent to an activating group) is 1. The number of hydrogen-bond donors (Lipinski definition) is 1. The van der Waals surface area contributed by atoms with Gasteiger partial charge in [-0.3, -0.25) is 4.79 Å². The Hall–Kier alpha value is -2.18. The molecule has 6 heteroatoms. The molecule has 2 aromatic carbocycles. The van der Waals surface area contributed by atoms with Crippen LogP contribution in [0, 0.1) is 0 Å². The fraction of sp³-hybridized carbons (Fsp3) is 0.235. The number of carbonyl (C=O) groups is 1. The highest BCUT2D eigenvalue weighted by molar-refractivity contribution is 7.88. The van der Waals surface area contributed by atoms with Crippen molar-refractivity contribution < 1.29 is 13.2 Å². The fourth-order valence-corrected chi connectivity index (χ4v) is 3.09. The van der Waals surface area contributed by atoms with Gasteiger partial charge < -0.3 is 5.32 Å². The lowest BCUT2D eigenvalue weighted by atomic mass is 10.1. The molecular formula is C17H18N2O3S. The molecule has 0 spiro atoms. The summed E-state index contributed by atoms with van der Waals surface area (Å²) >= 11 is 0. The molecule has 1 aliphatic carbocycles. The predicted molar refractivity (Wildman–Crippen MR) is 90.8 cm³/mol. The Morgan fingerprint density at radius 2 is 1.83 bits per heavy atom. The number of carbonyl (C=O) groups excluding carboxylic acids is 1. The zero-order valence-electron chi connectivity index (χ0n) is 13.0. The minimum absolute atomic E-state index is 0.198. The molecule has 0 radical (unpaired) electrons. The number of fused-ring (bicyclic) bond motifs is 3. The highest BCUT2D eigenvalue weighted by Gasteiger charge is 2.19. The molecule has 1 N–H and O–H groups in total. The topological polar surface area (TPSA) is 66.5 Å². The van der Waals surface area contributed by atoms with Gasteiger partial charge in [-0.1, -0.05) is 30.3 Å². The number of rotatable bonds is 4. The maximum atomic E-state index is 12.0. The van der Waals surface area contributed by atoms with Crippen LogP contribution in [0.5, 0.6) is 0 Å². The lowest BCUT2D eigenvalue weighted by Crippen LogP contribution is -2.34. The van der Waals surface area contributed by atoms with Crippen molar-refractivity contribution >= 4 is 21.6 Å². The van der Waals surface area contributed by atoms with E-state index in [4.69, 9.17) is 0 Å². The van der Waals surface area contributed by atoms with Gasteiger partial charge in [-0.05, 0) is 40.8 Å². The summed E-state index contributed by atoms with van der Waals surface area (Å²) in [6.45, 7) is -0.198. The van der Waals surface area contributed by atoms with E-state index >= 15 is 0 Å². The highest BCUT2D eigenvalue weighted by Crippen LogP contribution is 2.37. The molecule has 3 rings (SSSR count). The third-order valence-corrected chi connectivity index (χ3v) is 5.27. The SMILES string of the molecule is CN(CC(=O)Nc1ccc2c(c1)Cc1ccccc1-2)S(C)(=O)=O. The summed E-state index contributed by atoms with van der Waals surface area (Å²) < 4.78 is 23.7. The van der Waals surface area contributed by atoms with Crippen molar-refractivity contribution in [3.63, 3.8) is 0 Å². The van der Waals surface area contributed by atoms with Gasteiger partial charge in [-0.2, -0.15) is 4.31 Å². The van der Waals surface area contributed by atoms with Gasteiger partial charge in [0.05, 0.1) is 12.8 Å². The first-order chi connectivity index (χ1) is 10.8. The Morgan fingerprint density at radius 3 is 2.57 bits per heavy atom. The van der Waals surface area contributed by atoms with Gasteiger partial charge >= 0.3 is 0 Å². The molecule has 0 atom stereocenters. The van der Waals surface area contributed by atoms with Crippen LogP contribution in [0.2, 0.25) is 0 Å². The van der Waals surface area contributed by atoms with E-state index in [0.717, 1.165) is 17.0 Å². The van der Waals surface area contributed by atoms with Gasteiger partial charge in [0.15, 0.2) is 0 Å². The van der Waals surface area contributed by atoms with Gasteiger partial charge in [0.1, 0.15) is 0 Å². The second-order valence-electron chi connectivity index (χ2n) is 5.77. The second kappa shape index (κ2) is 5.79. The van der Waals surface area contributed by atoms with Crippen LogP contribution in [0.15, 0.2) is 42.5 Å². The average Bonchev–Trinajstić information content (AvgIpc) is 2.83. The molecule has 0 aromatic heterocycles. The molecule has 2 aromatic rings. The Morgan fingerprint density at radius 1 is 1.13 bits per heavy atom. The lowest BCUT2D eigenvalue weighted by molar-refractivity contribution is -0.116. The molecule has 0 heterocycles. The number of hydrogen-bond acceptors (Lipinski definition) is 3. The second-order valence-corrected chi connectivity index (χ2v) is 7.86. The van der Waals surface area contributed by atoms with Crippen LogP contribution in [-0.2, 0) is 21.2 Å². The van der Waals surface area contributed by atoms with Crippen molar-refractivity contribution in [1.29, 1.82) is 0 Å². The minimum atomic E-state index is -3.36. The summed E-state index contributed by atoms with van der Waals surface area (Å²) in [5, 5.41) is 2.76. The molecule has 0 fully saturated rings. The standard InChI is InChI=1S/C17H18N2O3S/c1-19(23(2,21)22)11-17(20)18-14-7-8-16-13(10-14)9-12-5-3-4-6-15(12)16/h3-8,10H,9,11H2,1-2H3,(H,18,20). The molecule has 0 unspecified atom stereocenters. The van der Waals surface area contributed by atoms with Gasteiger partial charge in [0, 0.05) is 12.7 Å². The van der Waals surface area contributed by atoms with Crippen LogP contribution >= 0.6 is 0 Å². The first-order valence-electron chi connectivity index (χ1n) is 7.27. The zero-order valence-corrected chi connectivity index (χ0v) is 13.9. The first kappa shape index (κ1) is 15.7. The fourth-order valence-electron chi connectivity index (χ4n) is 2.74. The summed E-state index contributed by atoms with van der Waals surface area (Å²) in [5.74, 6) is -0.353. The first-order valence-corrected chi connectivity index (χ1v) is 9.12. The summed E-state index contributed by atoms with van der Waals surface area (Å²) in [7, 11) is -1.98. The molecule has 23 heavy (non-hydrogen) atoms. The molecule has 120 valence electrons.